The van der Waals surface area contributed by atoms with Crippen LogP contribution in [0.2, 0.25) is 0 Å². The van der Waals surface area contributed by atoms with Gasteiger partial charge in [-0.05, 0) is 0 Å². The van der Waals surface area contributed by atoms with Gasteiger partial charge in [0.1, 0.15) is 5.82 Å². The minimum absolute atomic E-state index is 0.924. The monoisotopic (exact) mass is 153 g/mol. The van der Waals surface area contributed by atoms with Gasteiger partial charge in [0.25, 0.3) is 0 Å². The van der Waals surface area contributed by atoms with Crippen molar-refractivity contribution in [2.45, 2.75) is 26.9 Å². The molecule has 0 amide bonds. The van der Waals surface area contributed by atoms with E-state index < -0.39 is 0 Å². The Labute approximate surface area is 67.4 Å². The van der Waals surface area contributed by atoms with E-state index in [1.165, 1.54) is 0 Å². The highest BCUT2D eigenvalue weighted by atomic mass is 15.1. The van der Waals surface area contributed by atoms with E-state index >= 15 is 0 Å². The number of aromatic nitrogens is 2. The van der Waals surface area contributed by atoms with Crippen molar-refractivity contribution in [3.63, 3.8) is 0 Å². The summed E-state index contributed by atoms with van der Waals surface area (Å²) in [4.78, 5) is 4.16. The first-order valence-corrected chi connectivity index (χ1v) is 4.17. The van der Waals surface area contributed by atoms with Crippen LogP contribution >= 0.6 is 0 Å². The van der Waals surface area contributed by atoms with Gasteiger partial charge in [0, 0.05) is 25.5 Å². The molecule has 0 radical (unpaired) electrons. The Balaban J connectivity index is 0.000000281. The fourth-order valence-corrected chi connectivity index (χ4v) is 1.11. The molecule has 0 unspecified atom stereocenters. The van der Waals surface area contributed by atoms with Crippen LogP contribution in [0.4, 0.5) is 0 Å². The molecule has 62 valence electrons. The molecule has 2 heterocycles. The highest BCUT2D eigenvalue weighted by Crippen LogP contribution is 1.99. The summed E-state index contributed by atoms with van der Waals surface area (Å²) in [5.41, 5.74) is 0. The van der Waals surface area contributed by atoms with Gasteiger partial charge >= 0.3 is 0 Å². The summed E-state index contributed by atoms with van der Waals surface area (Å²) in [5.74, 6) is 1.15. The second-order valence-electron chi connectivity index (χ2n) is 2.21. The van der Waals surface area contributed by atoms with E-state index in [1.807, 2.05) is 26.2 Å². The SMILES string of the molecule is CC.c1cn2c(n1)CNCC2. The molecule has 0 bridgehead atoms. The number of fused-ring (bicyclic) bond motifs is 1. The molecule has 1 aliphatic rings. The van der Waals surface area contributed by atoms with Gasteiger partial charge in [-0.2, -0.15) is 0 Å². The van der Waals surface area contributed by atoms with Crippen LogP contribution < -0.4 is 5.32 Å². The lowest BCUT2D eigenvalue weighted by atomic mass is 10.4. The van der Waals surface area contributed by atoms with Gasteiger partial charge in [0.15, 0.2) is 0 Å². The van der Waals surface area contributed by atoms with Crippen LogP contribution in [0.1, 0.15) is 19.7 Å². The van der Waals surface area contributed by atoms with Crippen LogP contribution in [0.15, 0.2) is 12.4 Å². The Morgan fingerprint density at radius 1 is 1.55 bits per heavy atom. The van der Waals surface area contributed by atoms with Crippen LogP contribution in [0.5, 0.6) is 0 Å². The van der Waals surface area contributed by atoms with Crippen LogP contribution in [0.3, 0.4) is 0 Å². The molecule has 3 heteroatoms. The highest BCUT2D eigenvalue weighted by Gasteiger charge is 2.05. The molecule has 0 saturated carbocycles. The van der Waals surface area contributed by atoms with E-state index in [2.05, 4.69) is 14.9 Å². The smallest absolute Gasteiger partial charge is 0.122 e. The lowest BCUT2D eigenvalue weighted by Crippen LogP contribution is -2.27. The van der Waals surface area contributed by atoms with Crippen molar-refractivity contribution in [3.05, 3.63) is 18.2 Å². The van der Waals surface area contributed by atoms with Crippen molar-refractivity contribution < 1.29 is 0 Å². The molecule has 0 saturated heterocycles. The van der Waals surface area contributed by atoms with Gasteiger partial charge in [-0.25, -0.2) is 4.98 Å². The normalized spacial score (nSPS) is 14.7. The third-order valence-corrected chi connectivity index (χ3v) is 1.61. The molecule has 3 nitrogen and oxygen atoms in total. The lowest BCUT2D eigenvalue weighted by Gasteiger charge is -2.13. The van der Waals surface area contributed by atoms with Crippen molar-refractivity contribution in [2.24, 2.45) is 0 Å². The molecule has 0 aliphatic carbocycles. The lowest BCUT2D eigenvalue weighted by molar-refractivity contribution is 0.505. The summed E-state index contributed by atoms with van der Waals surface area (Å²) >= 11 is 0. The molecule has 0 fully saturated rings. The molecule has 0 spiro atoms. The molecular formula is C8H15N3. The van der Waals surface area contributed by atoms with Gasteiger partial charge in [-0.15, -0.1) is 0 Å². The molecule has 11 heavy (non-hydrogen) atoms. The van der Waals surface area contributed by atoms with Gasteiger partial charge in [0.2, 0.25) is 0 Å². The van der Waals surface area contributed by atoms with E-state index in [1.54, 1.807) is 0 Å². The number of nitrogens with zero attached hydrogens (tertiary/aromatic N) is 2. The van der Waals surface area contributed by atoms with Gasteiger partial charge < -0.3 is 9.88 Å². The second kappa shape index (κ2) is 4.13. The minimum Gasteiger partial charge on any atom is -0.333 e. The summed E-state index contributed by atoms with van der Waals surface area (Å²) in [7, 11) is 0. The van der Waals surface area contributed by atoms with Gasteiger partial charge in [0.05, 0.1) is 6.54 Å². The number of nitrogens with one attached hydrogen (secondary N) is 1. The molecule has 1 aromatic heterocycles. The Bertz CT molecular complexity index is 184. The number of hydrogen-bond acceptors (Lipinski definition) is 2. The third kappa shape index (κ3) is 1.80. The fourth-order valence-electron chi connectivity index (χ4n) is 1.11. The first-order valence-electron chi connectivity index (χ1n) is 4.17. The topological polar surface area (TPSA) is 29.9 Å². The summed E-state index contributed by atoms with van der Waals surface area (Å²) in [6, 6.07) is 0. The van der Waals surface area contributed by atoms with Crippen LogP contribution in [-0.2, 0) is 13.1 Å². The van der Waals surface area contributed by atoms with E-state index in [0.29, 0.717) is 0 Å². The van der Waals surface area contributed by atoms with Crippen molar-refractivity contribution in [1.29, 1.82) is 0 Å². The Morgan fingerprint density at radius 2 is 2.36 bits per heavy atom. The summed E-state index contributed by atoms with van der Waals surface area (Å²) in [5, 5.41) is 3.24. The first-order chi connectivity index (χ1) is 5.47. The number of hydrogen-bond donors (Lipinski definition) is 1. The molecule has 1 N–H and O–H groups in total. The molecule has 0 atom stereocenters. The zero-order valence-corrected chi connectivity index (χ0v) is 7.17. The van der Waals surface area contributed by atoms with Gasteiger partial charge in [-0.1, -0.05) is 13.8 Å². The first kappa shape index (κ1) is 8.27. The van der Waals surface area contributed by atoms with Crippen LogP contribution in [-0.4, -0.2) is 16.1 Å². The van der Waals surface area contributed by atoms with Crippen LogP contribution in [0.25, 0.3) is 0 Å². The molecule has 1 aromatic rings. The van der Waals surface area contributed by atoms with Crippen LogP contribution in [0, 0.1) is 0 Å². The Hall–Kier alpha value is -0.830. The van der Waals surface area contributed by atoms with Crippen molar-refractivity contribution in [3.8, 4) is 0 Å². The predicted octanol–water partition coefficient (Wildman–Crippen LogP) is 1.01. The summed E-state index contributed by atoms with van der Waals surface area (Å²) in [6.07, 6.45) is 3.87. The number of rotatable bonds is 0. The maximum Gasteiger partial charge on any atom is 0.122 e. The van der Waals surface area contributed by atoms with E-state index in [9.17, 15) is 0 Å². The zero-order chi connectivity index (χ0) is 8.10. The predicted molar refractivity (Wildman–Crippen MR) is 45.3 cm³/mol. The maximum atomic E-state index is 4.16. The van der Waals surface area contributed by atoms with Crippen molar-refractivity contribution in [2.75, 3.05) is 6.54 Å². The minimum atomic E-state index is 0.924. The van der Waals surface area contributed by atoms with Gasteiger partial charge in [-0.3, -0.25) is 0 Å². The molecule has 0 aromatic carbocycles. The average Bonchev–Trinajstić information content (AvgIpc) is 2.55. The highest BCUT2D eigenvalue weighted by molar-refractivity contribution is 4.94. The van der Waals surface area contributed by atoms with E-state index in [0.717, 1.165) is 25.5 Å². The van der Waals surface area contributed by atoms with Crippen molar-refractivity contribution in [1.82, 2.24) is 14.9 Å². The summed E-state index contributed by atoms with van der Waals surface area (Å²) < 4.78 is 2.18. The Morgan fingerprint density at radius 3 is 3.09 bits per heavy atom. The molecule has 2 rings (SSSR count). The Kier molecular flexibility index (Phi) is 3.11. The maximum absolute atomic E-state index is 4.16. The largest absolute Gasteiger partial charge is 0.333 e. The zero-order valence-electron chi connectivity index (χ0n) is 7.17. The third-order valence-electron chi connectivity index (χ3n) is 1.61. The second-order valence-corrected chi connectivity index (χ2v) is 2.21. The standard InChI is InChI=1S/C6H9N3.C2H6/c1-3-9-4-2-8-6(9)5-7-1;1-2/h2,4,7H,1,3,5H2;1-2H3. The van der Waals surface area contributed by atoms with Crippen molar-refractivity contribution >= 4 is 0 Å². The van der Waals surface area contributed by atoms with E-state index in [-0.39, 0.29) is 0 Å². The molecular weight excluding hydrogens is 138 g/mol. The molecule has 1 aliphatic heterocycles. The number of imidazole rings is 1. The average molecular weight is 153 g/mol. The quantitative estimate of drug-likeness (QED) is 0.603. The summed E-state index contributed by atoms with van der Waals surface area (Å²) in [6.45, 7) is 7.06. The van der Waals surface area contributed by atoms with E-state index in [4.69, 9.17) is 0 Å². The fraction of sp³-hybridized carbons (Fsp3) is 0.625.